The minimum absolute atomic E-state index is 0.139. The Hall–Kier alpha value is -1.81. The molecule has 0 aliphatic carbocycles. The zero-order valence-electron chi connectivity index (χ0n) is 18.6. The second-order valence-electron chi connectivity index (χ2n) is 9.94. The second kappa shape index (κ2) is 9.93. The first kappa shape index (κ1) is 25.2. The molecule has 4 heteroatoms. The van der Waals surface area contributed by atoms with E-state index in [2.05, 4.69) is 64.9 Å². The van der Waals surface area contributed by atoms with Gasteiger partial charge in [0.25, 0.3) is 0 Å². The Morgan fingerprint density at radius 1 is 1.11 bits per heavy atom. The summed E-state index contributed by atoms with van der Waals surface area (Å²) in [6.07, 6.45) is 9.24. The first-order valence-corrected chi connectivity index (χ1v) is 9.93. The molecular formula is C23H39N3O. The fraction of sp³-hybridized carbons (Fsp3) is 0.783. The van der Waals surface area contributed by atoms with E-state index in [-0.39, 0.29) is 22.2 Å². The van der Waals surface area contributed by atoms with E-state index in [1.165, 1.54) is 0 Å². The lowest BCUT2D eigenvalue weighted by Gasteiger charge is -2.49. The van der Waals surface area contributed by atoms with Crippen molar-refractivity contribution in [2.45, 2.75) is 87.5 Å². The Balaban J connectivity index is 6.14. The summed E-state index contributed by atoms with van der Waals surface area (Å²) in [5.74, 6) is 0.177. The largest absolute Gasteiger partial charge is 0.411 e. The maximum Gasteiger partial charge on any atom is 0.0690 e. The van der Waals surface area contributed by atoms with Crippen molar-refractivity contribution in [1.29, 1.82) is 10.5 Å². The van der Waals surface area contributed by atoms with Gasteiger partial charge in [-0.3, -0.25) is 0 Å². The van der Waals surface area contributed by atoms with Crippen molar-refractivity contribution in [2.24, 2.45) is 32.7 Å². The van der Waals surface area contributed by atoms with Gasteiger partial charge in [0.2, 0.25) is 0 Å². The maximum atomic E-state index is 9.91. The SMILES string of the molecule is C/C=C\CC(C)(C#N)CC(C(C)(C)CC(C)(C)/C=N/O)C(C)(CC)CC#N. The molecular weight excluding hydrogens is 334 g/mol. The summed E-state index contributed by atoms with van der Waals surface area (Å²) in [7, 11) is 0. The minimum atomic E-state index is -0.477. The molecule has 0 rings (SSSR count). The van der Waals surface area contributed by atoms with E-state index in [1.807, 2.05) is 19.9 Å². The lowest BCUT2D eigenvalue weighted by molar-refractivity contribution is 0.00798. The van der Waals surface area contributed by atoms with Crippen molar-refractivity contribution in [3.8, 4) is 12.1 Å². The third-order valence-electron chi connectivity index (χ3n) is 6.12. The maximum absolute atomic E-state index is 9.91. The quantitative estimate of drug-likeness (QED) is 0.189. The third-order valence-corrected chi connectivity index (χ3v) is 6.12. The molecule has 0 aromatic carbocycles. The van der Waals surface area contributed by atoms with E-state index in [4.69, 9.17) is 5.21 Å². The summed E-state index contributed by atoms with van der Waals surface area (Å²) in [5.41, 5.74) is -1.07. The van der Waals surface area contributed by atoms with Crippen LogP contribution in [0.25, 0.3) is 0 Å². The van der Waals surface area contributed by atoms with E-state index in [1.54, 1.807) is 6.21 Å². The standard InChI is InChI=1S/C23H39N3O/c1-9-11-12-22(7,17-25)15-19(23(8,10-2)13-14-24)21(5,6)16-20(3,4)18-26-27/h9,11,18-19,27H,10,12-13,15-16H2,1-8H3/b11-9-,26-18+. The first-order chi connectivity index (χ1) is 12.3. The number of allylic oxidation sites excluding steroid dienone is 2. The monoisotopic (exact) mass is 373 g/mol. The molecule has 0 aromatic heterocycles. The predicted octanol–water partition coefficient (Wildman–Crippen LogP) is 6.72. The van der Waals surface area contributed by atoms with Crippen molar-refractivity contribution >= 4 is 6.21 Å². The van der Waals surface area contributed by atoms with E-state index < -0.39 is 5.41 Å². The van der Waals surface area contributed by atoms with Gasteiger partial charge in [-0.15, -0.1) is 5.16 Å². The molecule has 152 valence electrons. The molecule has 0 aliphatic rings. The molecule has 0 heterocycles. The van der Waals surface area contributed by atoms with Crippen LogP contribution in [0.5, 0.6) is 0 Å². The summed E-state index contributed by atoms with van der Waals surface area (Å²) >= 11 is 0. The normalized spacial score (nSPS) is 18.6. The predicted molar refractivity (Wildman–Crippen MR) is 112 cm³/mol. The Kier molecular flexibility index (Phi) is 9.27. The summed E-state index contributed by atoms with van der Waals surface area (Å²) in [4.78, 5) is 0. The van der Waals surface area contributed by atoms with Gasteiger partial charge in [-0.25, -0.2) is 0 Å². The zero-order valence-corrected chi connectivity index (χ0v) is 18.6. The molecule has 3 atom stereocenters. The van der Waals surface area contributed by atoms with E-state index >= 15 is 0 Å². The molecule has 0 bridgehead atoms. The molecule has 0 amide bonds. The van der Waals surface area contributed by atoms with E-state index in [0.717, 1.165) is 19.3 Å². The van der Waals surface area contributed by atoms with Crippen molar-refractivity contribution < 1.29 is 5.21 Å². The van der Waals surface area contributed by atoms with Gasteiger partial charge >= 0.3 is 0 Å². The fourth-order valence-electron chi connectivity index (χ4n) is 4.64. The van der Waals surface area contributed by atoms with E-state index in [9.17, 15) is 10.5 Å². The summed E-state index contributed by atoms with van der Waals surface area (Å²) in [6.45, 7) is 16.9. The van der Waals surface area contributed by atoms with Gasteiger partial charge in [0, 0.05) is 18.1 Å². The van der Waals surface area contributed by atoms with Crippen molar-refractivity contribution in [2.75, 3.05) is 0 Å². The molecule has 0 radical (unpaired) electrons. The average molecular weight is 374 g/mol. The summed E-state index contributed by atoms with van der Waals surface area (Å²) in [5, 5.41) is 31.7. The topological polar surface area (TPSA) is 80.2 Å². The molecule has 0 aliphatic heterocycles. The molecule has 27 heavy (non-hydrogen) atoms. The molecule has 0 fully saturated rings. The smallest absolute Gasteiger partial charge is 0.0690 e. The molecule has 0 saturated carbocycles. The number of oxime groups is 1. The molecule has 4 nitrogen and oxygen atoms in total. The Labute approximate surface area is 167 Å². The third kappa shape index (κ3) is 7.37. The van der Waals surface area contributed by atoms with Crippen LogP contribution in [0.4, 0.5) is 0 Å². The number of hydrogen-bond donors (Lipinski definition) is 1. The number of nitriles is 2. The van der Waals surface area contributed by atoms with Crippen LogP contribution < -0.4 is 0 Å². The van der Waals surface area contributed by atoms with Crippen LogP contribution in [0, 0.1) is 50.2 Å². The van der Waals surface area contributed by atoms with Gasteiger partial charge in [-0.1, -0.05) is 53.7 Å². The van der Waals surface area contributed by atoms with Gasteiger partial charge in [0.15, 0.2) is 0 Å². The van der Waals surface area contributed by atoms with Gasteiger partial charge in [0.1, 0.15) is 0 Å². The van der Waals surface area contributed by atoms with Crippen LogP contribution in [0.3, 0.4) is 0 Å². The second-order valence-corrected chi connectivity index (χ2v) is 9.94. The van der Waals surface area contributed by atoms with Crippen LogP contribution in [-0.2, 0) is 0 Å². The summed E-state index contributed by atoms with van der Waals surface area (Å²) in [6, 6.07) is 4.93. The first-order valence-electron chi connectivity index (χ1n) is 9.93. The highest BCUT2D eigenvalue weighted by atomic mass is 16.4. The highest BCUT2D eigenvalue weighted by Crippen LogP contribution is 2.54. The van der Waals surface area contributed by atoms with Gasteiger partial charge in [0.05, 0.1) is 17.6 Å². The van der Waals surface area contributed by atoms with Crippen LogP contribution >= 0.6 is 0 Å². The molecule has 0 saturated heterocycles. The highest BCUT2D eigenvalue weighted by molar-refractivity contribution is 5.63. The highest BCUT2D eigenvalue weighted by Gasteiger charge is 2.47. The van der Waals surface area contributed by atoms with Crippen molar-refractivity contribution in [3.63, 3.8) is 0 Å². The molecule has 0 aromatic rings. The van der Waals surface area contributed by atoms with Gasteiger partial charge in [-0.2, -0.15) is 10.5 Å². The van der Waals surface area contributed by atoms with Gasteiger partial charge < -0.3 is 5.21 Å². The zero-order chi connectivity index (χ0) is 21.4. The minimum Gasteiger partial charge on any atom is -0.411 e. The summed E-state index contributed by atoms with van der Waals surface area (Å²) < 4.78 is 0. The molecule has 1 N–H and O–H groups in total. The Bertz CT molecular complexity index is 606. The Morgan fingerprint density at radius 2 is 1.70 bits per heavy atom. The lowest BCUT2D eigenvalue weighted by atomic mass is 9.54. The van der Waals surface area contributed by atoms with E-state index in [0.29, 0.717) is 12.8 Å². The number of hydrogen-bond acceptors (Lipinski definition) is 4. The lowest BCUT2D eigenvalue weighted by Crippen LogP contribution is -2.43. The van der Waals surface area contributed by atoms with Crippen LogP contribution in [-0.4, -0.2) is 11.4 Å². The average Bonchev–Trinajstić information content (AvgIpc) is 2.56. The fourth-order valence-corrected chi connectivity index (χ4v) is 4.64. The van der Waals surface area contributed by atoms with Crippen LogP contribution in [0.1, 0.15) is 87.5 Å². The van der Waals surface area contributed by atoms with Crippen molar-refractivity contribution in [1.82, 2.24) is 0 Å². The van der Waals surface area contributed by atoms with Crippen LogP contribution in [0.2, 0.25) is 0 Å². The van der Waals surface area contributed by atoms with Gasteiger partial charge in [-0.05, 0) is 56.3 Å². The molecule has 3 unspecified atom stereocenters. The number of nitrogens with zero attached hydrogens (tertiary/aromatic N) is 3. The van der Waals surface area contributed by atoms with Crippen molar-refractivity contribution in [3.05, 3.63) is 12.2 Å². The Morgan fingerprint density at radius 3 is 2.11 bits per heavy atom. The van der Waals surface area contributed by atoms with Crippen LogP contribution in [0.15, 0.2) is 17.3 Å². The number of rotatable bonds is 11. The molecule has 0 spiro atoms.